The summed E-state index contributed by atoms with van der Waals surface area (Å²) in [5.41, 5.74) is 1.73. The maximum atomic E-state index is 13.4. The van der Waals surface area contributed by atoms with Gasteiger partial charge in [-0.05, 0) is 44.4 Å². The molecule has 0 unspecified atom stereocenters. The maximum Gasteiger partial charge on any atom is 0.408 e. The summed E-state index contributed by atoms with van der Waals surface area (Å²) in [6, 6.07) is 4.54. The number of carbonyl (C=O) groups is 2. The summed E-state index contributed by atoms with van der Waals surface area (Å²) in [4.78, 5) is 32.4. The normalized spacial score (nSPS) is 15.6. The van der Waals surface area contributed by atoms with E-state index in [4.69, 9.17) is 11.6 Å². The number of halogens is 4. The fourth-order valence-corrected chi connectivity index (χ4v) is 5.97. The van der Waals surface area contributed by atoms with Crippen molar-refractivity contribution in [1.29, 1.82) is 0 Å². The molecule has 3 aromatic heterocycles. The van der Waals surface area contributed by atoms with Crippen LogP contribution in [0.15, 0.2) is 36.8 Å². The van der Waals surface area contributed by atoms with Gasteiger partial charge in [0, 0.05) is 17.3 Å². The first kappa shape index (κ1) is 28.9. The smallest absolute Gasteiger partial charge is 0.376 e. The average Bonchev–Trinajstić information content (AvgIpc) is 3.63. The second-order valence-electron chi connectivity index (χ2n) is 9.77. The zero-order valence-electron chi connectivity index (χ0n) is 21.5. The molecule has 1 fully saturated rings. The summed E-state index contributed by atoms with van der Waals surface area (Å²) in [6.45, 7) is 2.59. The monoisotopic (exact) mass is 582 g/mol. The quantitative estimate of drug-likeness (QED) is 0.249. The van der Waals surface area contributed by atoms with Crippen LogP contribution in [0.2, 0.25) is 5.02 Å². The van der Waals surface area contributed by atoms with Crippen molar-refractivity contribution in [2.45, 2.75) is 70.8 Å². The Kier molecular flexibility index (Phi) is 9.16. The zero-order chi connectivity index (χ0) is 28.2. The molecule has 210 valence electrons. The number of hydrogen-bond acceptors (Lipinski definition) is 6. The lowest BCUT2D eigenvalue weighted by Gasteiger charge is -2.28. The molecule has 2 atom stereocenters. The van der Waals surface area contributed by atoms with Crippen LogP contribution < -0.4 is 15.5 Å². The van der Waals surface area contributed by atoms with Crippen LogP contribution in [0.3, 0.4) is 0 Å². The predicted octanol–water partition coefficient (Wildman–Crippen LogP) is 6.59. The van der Waals surface area contributed by atoms with Crippen molar-refractivity contribution < 1.29 is 22.8 Å². The topological polar surface area (TPSA) is 92.2 Å². The SMILES string of the molecule is Cc1ncc(Cl)cc1N[C@@H](C)c1ccc(N(C=O)[C@@H](CC2CCCC2)C(=O)Nc2cnn(CC(F)(F)F)c2)s1. The van der Waals surface area contributed by atoms with Crippen molar-refractivity contribution in [1.82, 2.24) is 14.8 Å². The van der Waals surface area contributed by atoms with E-state index in [2.05, 4.69) is 20.7 Å². The van der Waals surface area contributed by atoms with Gasteiger partial charge in [-0.25, -0.2) is 0 Å². The number of aryl methyl sites for hydroxylation is 1. The van der Waals surface area contributed by atoms with Crippen LogP contribution in [0.25, 0.3) is 0 Å². The molecule has 0 bridgehead atoms. The standard InChI is InChI=1S/C26H30ClF3N6O2S/c1-16-21(10-19(27)11-31-16)33-17(2)23-7-8-24(39-23)36(15-37)22(9-18-5-3-4-6-18)25(38)34-20-12-32-35(13-20)14-26(28,29)30/h7-8,10-13,15,17-18,22,33H,3-6,9,14H2,1-2H3,(H,34,38)/t17-,22-/m0/s1. The summed E-state index contributed by atoms with van der Waals surface area (Å²) >= 11 is 7.47. The van der Waals surface area contributed by atoms with Crippen molar-refractivity contribution in [3.63, 3.8) is 0 Å². The van der Waals surface area contributed by atoms with E-state index >= 15 is 0 Å². The van der Waals surface area contributed by atoms with Gasteiger partial charge in [0.2, 0.25) is 12.3 Å². The Labute approximate surface area is 233 Å². The van der Waals surface area contributed by atoms with Crippen LogP contribution in [0.1, 0.15) is 55.6 Å². The molecule has 1 saturated carbocycles. The number of pyridine rings is 1. The number of aromatic nitrogens is 3. The molecule has 0 spiro atoms. The molecule has 1 aliphatic carbocycles. The van der Waals surface area contributed by atoms with Gasteiger partial charge < -0.3 is 10.6 Å². The number of thiophene rings is 1. The number of amides is 2. The fourth-order valence-electron chi connectivity index (χ4n) is 4.78. The van der Waals surface area contributed by atoms with Crippen LogP contribution in [-0.2, 0) is 16.1 Å². The van der Waals surface area contributed by atoms with Crippen molar-refractivity contribution >= 4 is 51.6 Å². The molecule has 0 aromatic carbocycles. The zero-order valence-corrected chi connectivity index (χ0v) is 23.1. The molecule has 0 saturated heterocycles. The summed E-state index contributed by atoms with van der Waals surface area (Å²) in [5.74, 6) is -0.197. The van der Waals surface area contributed by atoms with Gasteiger partial charge in [-0.1, -0.05) is 37.3 Å². The molecule has 3 heterocycles. The van der Waals surface area contributed by atoms with E-state index in [0.29, 0.717) is 22.9 Å². The minimum atomic E-state index is -4.43. The van der Waals surface area contributed by atoms with Gasteiger partial charge in [0.25, 0.3) is 0 Å². The minimum absolute atomic E-state index is 0.127. The number of alkyl halides is 3. The van der Waals surface area contributed by atoms with Crippen LogP contribution >= 0.6 is 22.9 Å². The molecule has 8 nitrogen and oxygen atoms in total. The Hall–Kier alpha value is -3.12. The number of carbonyl (C=O) groups excluding carboxylic acids is 2. The molecule has 0 aliphatic heterocycles. The predicted molar refractivity (Wildman–Crippen MR) is 146 cm³/mol. The Morgan fingerprint density at radius 2 is 2.05 bits per heavy atom. The first-order chi connectivity index (χ1) is 18.5. The van der Waals surface area contributed by atoms with E-state index in [1.54, 1.807) is 18.3 Å². The van der Waals surface area contributed by atoms with E-state index in [9.17, 15) is 22.8 Å². The van der Waals surface area contributed by atoms with Crippen LogP contribution in [0.4, 0.5) is 29.5 Å². The Morgan fingerprint density at radius 3 is 2.74 bits per heavy atom. The van der Waals surface area contributed by atoms with E-state index in [-0.39, 0.29) is 17.6 Å². The van der Waals surface area contributed by atoms with Gasteiger partial charge in [-0.15, -0.1) is 11.3 Å². The first-order valence-corrected chi connectivity index (χ1v) is 13.8. The molecule has 0 radical (unpaired) electrons. The first-order valence-electron chi connectivity index (χ1n) is 12.6. The highest BCUT2D eigenvalue weighted by atomic mass is 35.5. The Bertz CT molecular complexity index is 1290. The second-order valence-corrected chi connectivity index (χ2v) is 11.3. The molecule has 3 aromatic rings. The van der Waals surface area contributed by atoms with Crippen LogP contribution in [0, 0.1) is 12.8 Å². The third-order valence-electron chi connectivity index (χ3n) is 6.74. The van der Waals surface area contributed by atoms with Gasteiger partial charge in [-0.2, -0.15) is 18.3 Å². The van der Waals surface area contributed by atoms with Gasteiger partial charge in [-0.3, -0.25) is 24.2 Å². The van der Waals surface area contributed by atoms with Crippen molar-refractivity contribution in [3.8, 4) is 0 Å². The molecule has 39 heavy (non-hydrogen) atoms. The highest BCUT2D eigenvalue weighted by Gasteiger charge is 2.32. The summed E-state index contributed by atoms with van der Waals surface area (Å²) in [7, 11) is 0. The van der Waals surface area contributed by atoms with E-state index in [1.165, 1.54) is 22.4 Å². The largest absolute Gasteiger partial charge is 0.408 e. The molecule has 2 N–H and O–H groups in total. The molecule has 4 rings (SSSR count). The van der Waals surface area contributed by atoms with Crippen molar-refractivity contribution in [3.05, 3.63) is 52.4 Å². The van der Waals surface area contributed by atoms with E-state index < -0.39 is 24.7 Å². The van der Waals surface area contributed by atoms with Gasteiger partial charge >= 0.3 is 6.18 Å². The molecular weight excluding hydrogens is 553 g/mol. The number of hydrogen-bond donors (Lipinski definition) is 2. The lowest BCUT2D eigenvalue weighted by molar-refractivity contribution is -0.142. The van der Waals surface area contributed by atoms with E-state index in [1.807, 2.05) is 19.9 Å². The molecular formula is C26H30ClF3N6O2S. The molecule has 2 amide bonds. The van der Waals surface area contributed by atoms with Crippen LogP contribution in [-0.4, -0.2) is 39.3 Å². The summed E-state index contributed by atoms with van der Waals surface area (Å²) in [5, 5.41) is 10.9. The second kappa shape index (κ2) is 12.4. The van der Waals surface area contributed by atoms with Gasteiger partial charge in [0.15, 0.2) is 0 Å². The Morgan fingerprint density at radius 1 is 1.31 bits per heavy atom. The fraction of sp³-hybridized carbons (Fsp3) is 0.462. The highest BCUT2D eigenvalue weighted by Crippen LogP contribution is 2.36. The third kappa shape index (κ3) is 7.72. The van der Waals surface area contributed by atoms with E-state index in [0.717, 1.165) is 52.8 Å². The number of anilines is 3. The average molecular weight is 583 g/mol. The molecule has 13 heteroatoms. The Balaban J connectivity index is 1.52. The lowest BCUT2D eigenvalue weighted by atomic mass is 9.97. The number of nitrogens with zero attached hydrogens (tertiary/aromatic N) is 4. The summed E-state index contributed by atoms with van der Waals surface area (Å²) in [6.07, 6.45) is 4.60. The number of rotatable bonds is 11. The number of nitrogens with one attached hydrogen (secondary N) is 2. The van der Waals surface area contributed by atoms with Gasteiger partial charge in [0.1, 0.15) is 12.6 Å². The maximum absolute atomic E-state index is 13.4. The van der Waals surface area contributed by atoms with Crippen LogP contribution in [0.5, 0.6) is 0 Å². The summed E-state index contributed by atoms with van der Waals surface area (Å²) < 4.78 is 38.9. The highest BCUT2D eigenvalue weighted by molar-refractivity contribution is 7.16. The third-order valence-corrected chi connectivity index (χ3v) is 8.23. The molecule has 1 aliphatic rings. The van der Waals surface area contributed by atoms with Crippen molar-refractivity contribution in [2.75, 3.05) is 15.5 Å². The minimum Gasteiger partial charge on any atom is -0.376 e. The van der Waals surface area contributed by atoms with Crippen molar-refractivity contribution in [2.24, 2.45) is 5.92 Å². The lowest BCUT2D eigenvalue weighted by Crippen LogP contribution is -2.44. The van der Waals surface area contributed by atoms with Gasteiger partial charge in [0.05, 0.1) is 39.3 Å².